The van der Waals surface area contributed by atoms with Gasteiger partial charge in [0.25, 0.3) is 0 Å². The Morgan fingerprint density at radius 1 is 1.17 bits per heavy atom. The Hall–Kier alpha value is -4.00. The third kappa shape index (κ3) is 4.37. The maximum absolute atomic E-state index is 12.0. The quantitative estimate of drug-likeness (QED) is 0.336. The molecule has 0 radical (unpaired) electrons. The van der Waals surface area contributed by atoms with Crippen molar-refractivity contribution in [2.24, 2.45) is 5.92 Å². The van der Waals surface area contributed by atoms with Crippen LogP contribution >= 0.6 is 0 Å². The second kappa shape index (κ2) is 9.93. The molecule has 1 aliphatic rings. The molecule has 0 fully saturated rings. The molecule has 184 valence electrons. The van der Waals surface area contributed by atoms with E-state index in [0.29, 0.717) is 18.8 Å². The van der Waals surface area contributed by atoms with Gasteiger partial charge in [-0.1, -0.05) is 24.3 Å². The molecule has 0 amide bonds. The Morgan fingerprint density at radius 2 is 2.03 bits per heavy atom. The maximum Gasteiger partial charge on any atom is 0.309 e. The van der Waals surface area contributed by atoms with Crippen LogP contribution in [0.3, 0.4) is 0 Å². The summed E-state index contributed by atoms with van der Waals surface area (Å²) < 4.78 is 10.8. The highest BCUT2D eigenvalue weighted by molar-refractivity contribution is 5.93. The van der Waals surface area contributed by atoms with E-state index >= 15 is 0 Å². The number of methoxy groups -OCH3 is 1. The van der Waals surface area contributed by atoms with E-state index in [4.69, 9.17) is 19.4 Å². The van der Waals surface area contributed by atoms with E-state index in [9.17, 15) is 4.79 Å². The van der Waals surface area contributed by atoms with Gasteiger partial charge in [0, 0.05) is 23.4 Å². The number of benzene rings is 1. The third-order valence-corrected chi connectivity index (χ3v) is 6.98. The smallest absolute Gasteiger partial charge is 0.309 e. The van der Waals surface area contributed by atoms with Gasteiger partial charge in [-0.05, 0) is 68.9 Å². The largest absolute Gasteiger partial charge is 0.494 e. The van der Waals surface area contributed by atoms with Crippen LogP contribution in [-0.2, 0) is 9.53 Å². The van der Waals surface area contributed by atoms with Gasteiger partial charge in [-0.25, -0.2) is 4.98 Å². The molecule has 0 spiro atoms. The summed E-state index contributed by atoms with van der Waals surface area (Å²) in [4.78, 5) is 21.7. The summed E-state index contributed by atoms with van der Waals surface area (Å²) in [6.45, 7) is 6.46. The molecule has 0 bridgehead atoms. The van der Waals surface area contributed by atoms with Crippen LogP contribution in [0, 0.1) is 19.8 Å². The highest BCUT2D eigenvalue weighted by atomic mass is 16.5. The number of allylic oxidation sites excluding steroid dienone is 2. The molecule has 7 heteroatoms. The standard InChI is InChI=1S/C29H30N4O3/c1-5-36-29(34)20-11-9-19(10-12-20)23-14-13-21(16-30-23)26-28-24(32-33-26)15-25(35-4)27(31-28)22-8-6-7-17(2)18(22)3/h6-9,13-16,20H,5,10-12H2,1-4H3,(H,32,33). The highest BCUT2D eigenvalue weighted by Gasteiger charge is 2.24. The van der Waals surface area contributed by atoms with Crippen molar-refractivity contribution in [1.82, 2.24) is 20.2 Å². The first kappa shape index (κ1) is 23.7. The van der Waals surface area contributed by atoms with E-state index in [1.807, 2.05) is 37.4 Å². The van der Waals surface area contributed by atoms with Gasteiger partial charge in [-0.2, -0.15) is 5.10 Å². The van der Waals surface area contributed by atoms with Gasteiger partial charge >= 0.3 is 5.97 Å². The fourth-order valence-electron chi connectivity index (χ4n) is 4.75. The number of esters is 1. The van der Waals surface area contributed by atoms with Crippen molar-refractivity contribution in [3.05, 3.63) is 65.5 Å². The molecule has 3 aromatic heterocycles. The van der Waals surface area contributed by atoms with Gasteiger partial charge < -0.3 is 9.47 Å². The number of rotatable bonds is 6. The van der Waals surface area contributed by atoms with Gasteiger partial charge in [0.15, 0.2) is 0 Å². The van der Waals surface area contributed by atoms with Gasteiger partial charge in [0.1, 0.15) is 22.7 Å². The molecule has 0 aliphatic heterocycles. The second-order valence-corrected chi connectivity index (χ2v) is 9.14. The molecule has 5 rings (SSSR count). The van der Waals surface area contributed by atoms with E-state index < -0.39 is 0 Å². The summed E-state index contributed by atoms with van der Waals surface area (Å²) in [6, 6.07) is 12.2. The summed E-state index contributed by atoms with van der Waals surface area (Å²) in [5.74, 6) is 0.536. The van der Waals surface area contributed by atoms with Crippen molar-refractivity contribution >= 4 is 22.6 Å². The highest BCUT2D eigenvalue weighted by Crippen LogP contribution is 2.36. The molecule has 7 nitrogen and oxygen atoms in total. The number of nitrogens with zero attached hydrogens (tertiary/aromatic N) is 3. The van der Waals surface area contributed by atoms with Crippen LogP contribution in [0.2, 0.25) is 0 Å². The van der Waals surface area contributed by atoms with Crippen molar-refractivity contribution in [3.8, 4) is 28.3 Å². The van der Waals surface area contributed by atoms with Crippen LogP contribution in [0.25, 0.3) is 39.1 Å². The summed E-state index contributed by atoms with van der Waals surface area (Å²) in [7, 11) is 1.66. The SMILES string of the molecule is CCOC(=O)C1CC=C(c2ccc(-c3n[nH]c4cc(OC)c(-c5cccc(C)c5C)nc34)cn2)CC1. The second-order valence-electron chi connectivity index (χ2n) is 9.14. The monoisotopic (exact) mass is 482 g/mol. The van der Waals surface area contributed by atoms with E-state index in [2.05, 4.69) is 42.3 Å². The molecule has 4 aromatic rings. The molecule has 1 unspecified atom stereocenters. The molecular weight excluding hydrogens is 452 g/mol. The van der Waals surface area contributed by atoms with Crippen LogP contribution in [0.5, 0.6) is 5.75 Å². The van der Waals surface area contributed by atoms with Gasteiger partial charge in [-0.15, -0.1) is 0 Å². The number of hydrogen-bond acceptors (Lipinski definition) is 6. The zero-order valence-electron chi connectivity index (χ0n) is 21.1. The minimum atomic E-state index is -0.106. The number of hydrogen-bond donors (Lipinski definition) is 1. The summed E-state index contributed by atoms with van der Waals surface area (Å²) in [6.07, 6.45) is 6.23. The lowest BCUT2D eigenvalue weighted by Gasteiger charge is -2.20. The lowest BCUT2D eigenvalue weighted by atomic mass is 9.88. The summed E-state index contributed by atoms with van der Waals surface area (Å²) in [5.41, 5.74) is 9.50. The molecule has 1 atom stereocenters. The number of fused-ring (bicyclic) bond motifs is 1. The fraction of sp³-hybridized carbons (Fsp3) is 0.310. The molecule has 0 saturated carbocycles. The zero-order chi connectivity index (χ0) is 25.2. The number of carbonyl (C=O) groups is 1. The molecule has 1 aromatic carbocycles. The van der Waals surface area contributed by atoms with Crippen molar-refractivity contribution in [1.29, 1.82) is 0 Å². The summed E-state index contributed by atoms with van der Waals surface area (Å²) in [5, 5.41) is 7.65. The number of nitrogens with one attached hydrogen (secondary N) is 1. The van der Waals surface area contributed by atoms with Crippen LogP contribution in [0.15, 0.2) is 48.7 Å². The predicted octanol–water partition coefficient (Wildman–Crippen LogP) is 6.06. The number of aromatic nitrogens is 4. The predicted molar refractivity (Wildman–Crippen MR) is 141 cm³/mol. The van der Waals surface area contributed by atoms with Gasteiger partial charge in [0.2, 0.25) is 0 Å². The minimum Gasteiger partial charge on any atom is -0.494 e. The Morgan fingerprint density at radius 3 is 2.72 bits per heavy atom. The first-order chi connectivity index (χ1) is 17.5. The third-order valence-electron chi connectivity index (χ3n) is 6.98. The van der Waals surface area contributed by atoms with Gasteiger partial charge in [0.05, 0.1) is 30.8 Å². The Bertz CT molecular complexity index is 1450. The first-order valence-corrected chi connectivity index (χ1v) is 12.3. The van der Waals surface area contributed by atoms with E-state index in [0.717, 1.165) is 57.7 Å². The molecule has 36 heavy (non-hydrogen) atoms. The summed E-state index contributed by atoms with van der Waals surface area (Å²) >= 11 is 0. The molecule has 3 heterocycles. The van der Waals surface area contributed by atoms with Crippen molar-refractivity contribution in [2.75, 3.05) is 13.7 Å². The van der Waals surface area contributed by atoms with Gasteiger partial charge in [-0.3, -0.25) is 14.9 Å². The van der Waals surface area contributed by atoms with E-state index in [1.54, 1.807) is 7.11 Å². The van der Waals surface area contributed by atoms with E-state index in [1.165, 1.54) is 11.1 Å². The van der Waals surface area contributed by atoms with Crippen molar-refractivity contribution in [2.45, 2.75) is 40.0 Å². The number of ether oxygens (including phenoxy) is 2. The Balaban J connectivity index is 1.46. The molecule has 0 saturated heterocycles. The van der Waals surface area contributed by atoms with E-state index in [-0.39, 0.29) is 11.9 Å². The van der Waals surface area contributed by atoms with Crippen molar-refractivity contribution < 1.29 is 14.3 Å². The fourth-order valence-corrected chi connectivity index (χ4v) is 4.75. The Labute approximate surface area is 210 Å². The number of carbonyl (C=O) groups excluding carboxylic acids is 1. The number of aromatic amines is 1. The van der Waals surface area contributed by atoms with Crippen LogP contribution in [-0.4, -0.2) is 39.9 Å². The molecule has 1 N–H and O–H groups in total. The first-order valence-electron chi connectivity index (χ1n) is 12.3. The number of pyridine rings is 2. The number of H-pyrrole nitrogens is 1. The Kier molecular flexibility index (Phi) is 6.55. The van der Waals surface area contributed by atoms with Crippen molar-refractivity contribution in [3.63, 3.8) is 0 Å². The maximum atomic E-state index is 12.0. The minimum absolute atomic E-state index is 0.0577. The topological polar surface area (TPSA) is 90.0 Å². The molecule has 1 aliphatic carbocycles. The average Bonchev–Trinajstić information content (AvgIpc) is 3.32. The lowest BCUT2D eigenvalue weighted by Crippen LogP contribution is -2.19. The average molecular weight is 483 g/mol. The number of aryl methyl sites for hydroxylation is 1. The van der Waals surface area contributed by atoms with Crippen LogP contribution < -0.4 is 4.74 Å². The normalized spacial score (nSPS) is 15.6. The zero-order valence-corrected chi connectivity index (χ0v) is 21.1. The van der Waals surface area contributed by atoms with Crippen LogP contribution in [0.1, 0.15) is 43.0 Å². The lowest BCUT2D eigenvalue weighted by molar-refractivity contribution is -0.148. The molecular formula is C29H30N4O3. The van der Waals surface area contributed by atoms with Crippen LogP contribution in [0.4, 0.5) is 0 Å².